The van der Waals surface area contributed by atoms with Crippen molar-refractivity contribution in [3.05, 3.63) is 22.4 Å². The molecule has 0 aromatic heterocycles. The molecular weight excluding hydrogens is 255 g/mol. The Bertz CT molecular complexity index is 447. The first-order valence-electron chi connectivity index (χ1n) is 3.64. The van der Waals surface area contributed by atoms with Crippen LogP contribution in [0.15, 0.2) is 16.6 Å². The third-order valence-electron chi connectivity index (χ3n) is 1.68. The molecule has 1 aliphatic heterocycles. The minimum Gasteiger partial charge on any atom is -0.316 e. The fourth-order valence-electron chi connectivity index (χ4n) is 1.10. The van der Waals surface area contributed by atoms with Crippen molar-refractivity contribution in [2.45, 2.75) is 0 Å². The fraction of sp³-hybridized carbons (Fsp3) is 0. The summed E-state index contributed by atoms with van der Waals surface area (Å²) in [6.07, 6.45) is 0. The number of nitrogens with one attached hydrogen (secondary N) is 1. The summed E-state index contributed by atoms with van der Waals surface area (Å²) in [6, 6.07) is 2.28. The van der Waals surface area contributed by atoms with Crippen LogP contribution in [0.3, 0.4) is 0 Å². The fourth-order valence-corrected chi connectivity index (χ4v) is 1.62. The summed E-state index contributed by atoms with van der Waals surface area (Å²) in [5.74, 6) is -2.25. The van der Waals surface area contributed by atoms with E-state index in [1.165, 1.54) is 6.07 Å². The maximum Gasteiger partial charge on any atom is 0.335 e. The Hall–Kier alpha value is -1.43. The highest BCUT2D eigenvalue weighted by atomic mass is 79.9. The van der Waals surface area contributed by atoms with E-state index in [0.717, 1.165) is 6.07 Å². The lowest BCUT2D eigenvalue weighted by atomic mass is 10.2. The van der Waals surface area contributed by atoms with E-state index in [-0.39, 0.29) is 11.4 Å². The van der Waals surface area contributed by atoms with Gasteiger partial charge in [-0.15, -0.1) is 0 Å². The van der Waals surface area contributed by atoms with E-state index in [4.69, 9.17) is 0 Å². The summed E-state index contributed by atoms with van der Waals surface area (Å²) in [5, 5.41) is 5.74. The number of nitrogens with zero attached hydrogens (tertiary/aromatic N) is 1. The second-order valence-electron chi connectivity index (χ2n) is 2.65. The lowest BCUT2D eigenvalue weighted by molar-refractivity contribution is -0.135. The van der Waals surface area contributed by atoms with Gasteiger partial charge in [-0.2, -0.15) is 0 Å². The van der Waals surface area contributed by atoms with E-state index in [1.807, 2.05) is 0 Å². The van der Waals surface area contributed by atoms with Gasteiger partial charge in [0.25, 0.3) is 0 Å². The van der Waals surface area contributed by atoms with Gasteiger partial charge in [0.05, 0.1) is 5.69 Å². The molecular formula is C8H3BrFN2O2. The normalized spacial score (nSPS) is 14.4. The van der Waals surface area contributed by atoms with Gasteiger partial charge in [0.15, 0.2) is 0 Å². The average molecular weight is 258 g/mol. The van der Waals surface area contributed by atoms with Gasteiger partial charge in [0, 0.05) is 4.47 Å². The molecule has 0 saturated carbocycles. The molecule has 1 N–H and O–H groups in total. The van der Waals surface area contributed by atoms with Crippen LogP contribution in [-0.4, -0.2) is 11.8 Å². The molecule has 1 radical (unpaired) electrons. The second-order valence-corrected chi connectivity index (χ2v) is 3.51. The van der Waals surface area contributed by atoms with Gasteiger partial charge in [-0.05, 0) is 28.1 Å². The number of amides is 2. The van der Waals surface area contributed by atoms with Gasteiger partial charge in [-0.3, -0.25) is 9.59 Å². The van der Waals surface area contributed by atoms with Crippen LogP contribution in [-0.2, 0) is 9.59 Å². The molecule has 0 saturated heterocycles. The summed E-state index contributed by atoms with van der Waals surface area (Å²) in [5.41, 5.74) is 0.442. The minimum atomic E-state index is -0.884. The predicted octanol–water partition coefficient (Wildman–Crippen LogP) is 1.30. The lowest BCUT2D eigenvalue weighted by Gasteiger charge is -2.16. The van der Waals surface area contributed by atoms with Crippen LogP contribution in [0.25, 0.3) is 0 Å². The molecule has 0 fully saturated rings. The Kier molecular flexibility index (Phi) is 1.99. The topological polar surface area (TPSA) is 60.3 Å². The molecule has 14 heavy (non-hydrogen) atoms. The number of fused-ring (bicyclic) bond motifs is 1. The van der Waals surface area contributed by atoms with Crippen molar-refractivity contribution in [1.29, 1.82) is 0 Å². The third-order valence-corrected chi connectivity index (χ3v) is 2.29. The number of anilines is 1. The summed E-state index contributed by atoms with van der Waals surface area (Å²) < 4.78 is 13.2. The number of carbonyl (C=O) groups is 2. The van der Waals surface area contributed by atoms with E-state index in [0.29, 0.717) is 4.47 Å². The number of hydrogen-bond donors (Lipinski definition) is 1. The third kappa shape index (κ3) is 1.37. The first kappa shape index (κ1) is 9.14. The zero-order valence-corrected chi connectivity index (χ0v) is 8.26. The molecule has 4 nitrogen and oxygen atoms in total. The van der Waals surface area contributed by atoms with Crippen molar-refractivity contribution >= 4 is 39.1 Å². The largest absolute Gasteiger partial charge is 0.335 e. The van der Waals surface area contributed by atoms with Gasteiger partial charge in [-0.25, -0.2) is 9.71 Å². The molecule has 1 aromatic rings. The van der Waals surface area contributed by atoms with E-state index in [2.05, 4.69) is 26.6 Å². The predicted molar refractivity (Wildman–Crippen MR) is 49.5 cm³/mol. The number of benzene rings is 1. The maximum absolute atomic E-state index is 12.9. The van der Waals surface area contributed by atoms with Crippen LogP contribution >= 0.6 is 15.9 Å². The van der Waals surface area contributed by atoms with Crippen LogP contribution in [0.1, 0.15) is 0 Å². The van der Waals surface area contributed by atoms with Gasteiger partial charge in [-0.1, -0.05) is 0 Å². The van der Waals surface area contributed by atoms with Crippen molar-refractivity contribution < 1.29 is 14.0 Å². The number of halogens is 2. The van der Waals surface area contributed by atoms with E-state index >= 15 is 0 Å². The maximum atomic E-state index is 12.9. The van der Waals surface area contributed by atoms with Crippen molar-refractivity contribution in [2.24, 2.45) is 0 Å². The van der Waals surface area contributed by atoms with Crippen molar-refractivity contribution in [3.8, 4) is 0 Å². The van der Waals surface area contributed by atoms with Crippen LogP contribution in [0.4, 0.5) is 15.8 Å². The Balaban J connectivity index is 2.57. The van der Waals surface area contributed by atoms with Crippen LogP contribution < -0.4 is 10.6 Å². The first-order valence-corrected chi connectivity index (χ1v) is 4.43. The molecule has 0 atom stereocenters. The first-order chi connectivity index (χ1) is 6.58. The molecule has 0 unspecified atom stereocenters. The van der Waals surface area contributed by atoms with Crippen LogP contribution in [0.5, 0.6) is 0 Å². The summed E-state index contributed by atoms with van der Waals surface area (Å²) in [4.78, 5) is 21.8. The molecule has 2 rings (SSSR count). The SMILES string of the molecule is O=C1[N]c2c(Br)cc(F)cc2NC1=O. The highest BCUT2D eigenvalue weighted by Gasteiger charge is 2.26. The van der Waals surface area contributed by atoms with Crippen LogP contribution in [0.2, 0.25) is 0 Å². The quantitative estimate of drug-likeness (QED) is 0.713. The van der Waals surface area contributed by atoms with Gasteiger partial charge in [0.1, 0.15) is 11.5 Å². The van der Waals surface area contributed by atoms with Gasteiger partial charge >= 0.3 is 11.8 Å². The van der Waals surface area contributed by atoms with Gasteiger partial charge in [0.2, 0.25) is 0 Å². The lowest BCUT2D eigenvalue weighted by Crippen LogP contribution is -2.33. The second kappa shape index (κ2) is 3.06. The Morgan fingerprint density at radius 3 is 2.79 bits per heavy atom. The number of rotatable bonds is 0. The molecule has 2 amide bonds. The highest BCUT2D eigenvalue weighted by Crippen LogP contribution is 2.34. The van der Waals surface area contributed by atoms with Crippen LogP contribution in [0, 0.1) is 5.82 Å². The Labute approximate surface area is 86.6 Å². The molecule has 71 valence electrons. The van der Waals surface area contributed by atoms with Crippen molar-refractivity contribution in [1.82, 2.24) is 5.32 Å². The standard InChI is InChI=1S/C8H3BrFN2O2/c9-4-1-3(10)2-5-6(4)12-8(14)7(13)11-5/h1-2H,(H,11,13). The van der Waals surface area contributed by atoms with Gasteiger partial charge < -0.3 is 5.32 Å². The molecule has 1 aromatic carbocycles. The molecule has 0 spiro atoms. The number of carbonyl (C=O) groups excluding carboxylic acids is 2. The molecule has 0 aliphatic carbocycles. The van der Waals surface area contributed by atoms with Crippen molar-refractivity contribution in [2.75, 3.05) is 5.32 Å². The monoisotopic (exact) mass is 257 g/mol. The summed E-state index contributed by atoms with van der Waals surface area (Å²) in [7, 11) is 0. The zero-order valence-electron chi connectivity index (χ0n) is 6.67. The number of hydrogen-bond acceptors (Lipinski definition) is 2. The highest BCUT2D eigenvalue weighted by molar-refractivity contribution is 9.10. The molecule has 0 bridgehead atoms. The van der Waals surface area contributed by atoms with E-state index < -0.39 is 17.6 Å². The summed E-state index contributed by atoms with van der Waals surface area (Å²) >= 11 is 3.04. The molecule has 6 heteroatoms. The molecule has 1 aliphatic rings. The molecule has 1 heterocycles. The zero-order chi connectivity index (χ0) is 10.3. The van der Waals surface area contributed by atoms with E-state index in [1.54, 1.807) is 0 Å². The smallest absolute Gasteiger partial charge is 0.316 e. The Morgan fingerprint density at radius 1 is 1.36 bits per heavy atom. The Morgan fingerprint density at radius 2 is 2.07 bits per heavy atom. The van der Waals surface area contributed by atoms with Crippen molar-refractivity contribution in [3.63, 3.8) is 0 Å². The minimum absolute atomic E-state index is 0.196. The summed E-state index contributed by atoms with van der Waals surface area (Å²) in [6.45, 7) is 0. The van der Waals surface area contributed by atoms with E-state index in [9.17, 15) is 14.0 Å². The average Bonchev–Trinajstić information content (AvgIpc) is 2.08.